The fourth-order valence-electron chi connectivity index (χ4n) is 2.66. The smallest absolute Gasteiger partial charge is 0.328 e. The van der Waals surface area contributed by atoms with Crippen LogP contribution in [0.25, 0.3) is 5.65 Å². The summed E-state index contributed by atoms with van der Waals surface area (Å²) in [5.74, 6) is 0.130. The van der Waals surface area contributed by atoms with Crippen molar-refractivity contribution in [1.82, 2.24) is 25.1 Å². The molecule has 0 spiro atoms. The number of rotatable bonds is 7. The average molecular weight is 383 g/mol. The highest BCUT2D eigenvalue weighted by atomic mass is 16.5. The van der Waals surface area contributed by atoms with E-state index in [-0.39, 0.29) is 11.8 Å². The van der Waals surface area contributed by atoms with Crippen LogP contribution in [0.15, 0.2) is 42.7 Å². The number of nitrogens with one attached hydrogen (secondary N) is 1. The molecule has 2 heterocycles. The third kappa shape index (κ3) is 4.61. The largest absolute Gasteiger partial charge is 0.467 e. The number of aromatic nitrogens is 4. The Morgan fingerprint density at radius 2 is 2.04 bits per heavy atom. The fourth-order valence-corrected chi connectivity index (χ4v) is 2.66. The van der Waals surface area contributed by atoms with Gasteiger partial charge in [-0.05, 0) is 36.6 Å². The Kier molecular flexibility index (Phi) is 5.83. The van der Waals surface area contributed by atoms with E-state index in [2.05, 4.69) is 20.6 Å². The maximum Gasteiger partial charge on any atom is 0.328 e. The number of carbonyl (C=O) groups excluding carboxylic acids is 2. The van der Waals surface area contributed by atoms with Crippen LogP contribution >= 0.6 is 0 Å². The van der Waals surface area contributed by atoms with Crippen molar-refractivity contribution in [2.45, 2.75) is 26.3 Å². The molecule has 1 N–H and O–H groups in total. The molecule has 0 aliphatic carbocycles. The third-order valence-electron chi connectivity index (χ3n) is 3.95. The lowest BCUT2D eigenvalue weighted by Gasteiger charge is -2.18. The highest BCUT2D eigenvalue weighted by molar-refractivity contribution is 5.97. The zero-order valence-electron chi connectivity index (χ0n) is 15.8. The summed E-state index contributed by atoms with van der Waals surface area (Å²) in [7, 11) is 1.30. The molecule has 0 unspecified atom stereocenters. The van der Waals surface area contributed by atoms with Gasteiger partial charge in [0.05, 0.1) is 7.11 Å². The second-order valence-corrected chi connectivity index (χ2v) is 6.61. The number of hydrogen-bond acceptors (Lipinski definition) is 7. The number of esters is 1. The van der Waals surface area contributed by atoms with Crippen LogP contribution in [0.3, 0.4) is 0 Å². The Hall–Kier alpha value is -3.49. The molecule has 0 saturated carbocycles. The van der Waals surface area contributed by atoms with Crippen LogP contribution in [0.1, 0.15) is 30.6 Å². The van der Waals surface area contributed by atoms with Crippen molar-refractivity contribution in [3.8, 4) is 11.6 Å². The Morgan fingerprint density at radius 3 is 2.79 bits per heavy atom. The number of ether oxygens (including phenoxy) is 2. The predicted octanol–water partition coefficient (Wildman–Crippen LogP) is 2.23. The first-order valence-corrected chi connectivity index (χ1v) is 8.80. The summed E-state index contributed by atoms with van der Waals surface area (Å²) >= 11 is 0. The molecule has 0 saturated heterocycles. The lowest BCUT2D eigenvalue weighted by Crippen LogP contribution is -2.42. The van der Waals surface area contributed by atoms with Gasteiger partial charge in [0.15, 0.2) is 5.65 Å². The molecule has 28 heavy (non-hydrogen) atoms. The quantitative estimate of drug-likeness (QED) is 0.623. The SMILES string of the molecule is COC(=O)[C@H](CC(C)C)NC(=O)c1cccc(Oc2ccc3nncn3n2)c1. The van der Waals surface area contributed by atoms with Gasteiger partial charge >= 0.3 is 5.97 Å². The van der Waals surface area contributed by atoms with Gasteiger partial charge in [-0.2, -0.15) is 4.52 Å². The van der Waals surface area contributed by atoms with Gasteiger partial charge in [-0.25, -0.2) is 4.79 Å². The summed E-state index contributed by atoms with van der Waals surface area (Å²) in [6.45, 7) is 3.94. The number of methoxy groups -OCH3 is 1. The monoisotopic (exact) mass is 383 g/mol. The van der Waals surface area contributed by atoms with Gasteiger partial charge in [0.1, 0.15) is 18.1 Å². The number of benzene rings is 1. The van der Waals surface area contributed by atoms with E-state index in [1.807, 2.05) is 13.8 Å². The Labute approximate surface area is 161 Å². The predicted molar refractivity (Wildman–Crippen MR) is 100 cm³/mol. The Morgan fingerprint density at radius 1 is 1.21 bits per heavy atom. The molecule has 0 radical (unpaired) electrons. The van der Waals surface area contributed by atoms with Crippen LogP contribution in [-0.4, -0.2) is 44.8 Å². The van der Waals surface area contributed by atoms with Crippen LogP contribution in [0.5, 0.6) is 11.6 Å². The van der Waals surface area contributed by atoms with Crippen molar-refractivity contribution in [3.63, 3.8) is 0 Å². The van der Waals surface area contributed by atoms with Gasteiger partial charge in [-0.1, -0.05) is 19.9 Å². The van der Waals surface area contributed by atoms with E-state index < -0.39 is 12.0 Å². The molecule has 0 bridgehead atoms. The van der Waals surface area contributed by atoms with Crippen LogP contribution in [-0.2, 0) is 9.53 Å². The standard InChI is InChI=1S/C19H21N5O4/c1-12(2)9-15(19(26)27-3)21-18(25)13-5-4-6-14(10-13)28-17-8-7-16-22-20-11-24(16)23-17/h4-8,10-12,15H,9H2,1-3H3,(H,21,25)/t15-/m0/s1. The van der Waals surface area contributed by atoms with E-state index in [9.17, 15) is 9.59 Å². The number of hydrogen-bond donors (Lipinski definition) is 1. The minimum absolute atomic E-state index is 0.220. The van der Waals surface area contributed by atoms with Gasteiger partial charge < -0.3 is 14.8 Å². The lowest BCUT2D eigenvalue weighted by atomic mass is 10.0. The topological polar surface area (TPSA) is 108 Å². The highest BCUT2D eigenvalue weighted by Gasteiger charge is 2.23. The maximum atomic E-state index is 12.6. The van der Waals surface area contributed by atoms with E-state index in [1.54, 1.807) is 36.4 Å². The van der Waals surface area contributed by atoms with Crippen molar-refractivity contribution in [2.24, 2.45) is 5.92 Å². The molecule has 1 amide bonds. The fraction of sp³-hybridized carbons (Fsp3) is 0.316. The number of nitrogens with zero attached hydrogens (tertiary/aromatic N) is 4. The molecule has 2 aromatic heterocycles. The number of fused-ring (bicyclic) bond motifs is 1. The Bertz CT molecular complexity index is 985. The summed E-state index contributed by atoms with van der Waals surface area (Å²) < 4.78 is 12.0. The molecule has 146 valence electrons. The first kappa shape index (κ1) is 19.3. The van der Waals surface area contributed by atoms with Crippen molar-refractivity contribution < 1.29 is 19.1 Å². The lowest BCUT2D eigenvalue weighted by molar-refractivity contribution is -0.143. The first-order valence-electron chi connectivity index (χ1n) is 8.80. The van der Waals surface area contributed by atoms with Gasteiger partial charge in [-0.15, -0.1) is 15.3 Å². The molecule has 0 fully saturated rings. The van der Waals surface area contributed by atoms with E-state index in [0.717, 1.165) is 0 Å². The van der Waals surface area contributed by atoms with E-state index in [1.165, 1.54) is 18.0 Å². The summed E-state index contributed by atoms with van der Waals surface area (Å²) in [6, 6.07) is 9.29. The second-order valence-electron chi connectivity index (χ2n) is 6.61. The summed E-state index contributed by atoms with van der Waals surface area (Å²) in [6.07, 6.45) is 1.95. The third-order valence-corrected chi connectivity index (χ3v) is 3.95. The van der Waals surface area contributed by atoms with Gasteiger partial charge in [0.2, 0.25) is 5.88 Å². The molecule has 3 aromatic rings. The normalized spacial score (nSPS) is 12.0. The molecule has 0 aliphatic rings. The van der Waals surface area contributed by atoms with Crippen LogP contribution in [0, 0.1) is 5.92 Å². The zero-order chi connectivity index (χ0) is 20.1. The van der Waals surface area contributed by atoms with Gasteiger partial charge in [0.25, 0.3) is 5.91 Å². The van der Waals surface area contributed by atoms with E-state index >= 15 is 0 Å². The highest BCUT2D eigenvalue weighted by Crippen LogP contribution is 2.21. The van der Waals surface area contributed by atoms with Crippen molar-refractivity contribution in [1.29, 1.82) is 0 Å². The minimum atomic E-state index is -0.708. The second kappa shape index (κ2) is 8.47. The molecular formula is C19H21N5O4. The van der Waals surface area contributed by atoms with Crippen molar-refractivity contribution in [2.75, 3.05) is 7.11 Å². The average Bonchev–Trinajstić information content (AvgIpc) is 3.14. The van der Waals surface area contributed by atoms with Crippen LogP contribution in [0.4, 0.5) is 0 Å². The summed E-state index contributed by atoms with van der Waals surface area (Å²) in [5, 5.41) is 14.6. The van der Waals surface area contributed by atoms with Gasteiger partial charge in [0, 0.05) is 11.6 Å². The molecule has 0 aliphatic heterocycles. The first-order chi connectivity index (χ1) is 13.5. The molecule has 3 rings (SSSR count). The van der Waals surface area contributed by atoms with Crippen LogP contribution < -0.4 is 10.1 Å². The van der Waals surface area contributed by atoms with Crippen molar-refractivity contribution >= 4 is 17.5 Å². The molecule has 1 aromatic carbocycles. The molecule has 1 atom stereocenters. The maximum absolute atomic E-state index is 12.6. The molecular weight excluding hydrogens is 362 g/mol. The summed E-state index contributed by atoms with van der Waals surface area (Å²) in [4.78, 5) is 24.5. The number of carbonyl (C=O) groups is 2. The number of amides is 1. The van der Waals surface area contributed by atoms with Crippen molar-refractivity contribution in [3.05, 3.63) is 48.3 Å². The molecule has 9 heteroatoms. The van der Waals surface area contributed by atoms with Gasteiger partial charge in [-0.3, -0.25) is 4.79 Å². The summed E-state index contributed by atoms with van der Waals surface area (Å²) in [5.41, 5.74) is 0.958. The van der Waals surface area contributed by atoms with E-state index in [4.69, 9.17) is 9.47 Å². The van der Waals surface area contributed by atoms with Crippen LogP contribution in [0.2, 0.25) is 0 Å². The minimum Gasteiger partial charge on any atom is -0.467 e. The Balaban J connectivity index is 1.73. The molecule has 9 nitrogen and oxygen atoms in total. The zero-order valence-corrected chi connectivity index (χ0v) is 15.8. The van der Waals surface area contributed by atoms with E-state index in [0.29, 0.717) is 29.3 Å².